The van der Waals surface area contributed by atoms with Gasteiger partial charge in [0.25, 0.3) is 0 Å². The molecule has 0 aliphatic carbocycles. The number of amides is 1. The first kappa shape index (κ1) is 24.1. The van der Waals surface area contributed by atoms with Crippen molar-refractivity contribution in [1.82, 2.24) is 20.2 Å². The van der Waals surface area contributed by atoms with Gasteiger partial charge in [0.1, 0.15) is 6.17 Å². The van der Waals surface area contributed by atoms with Crippen molar-refractivity contribution in [3.8, 4) is 21.6 Å². The minimum Gasteiger partial charge on any atom is -0.358 e. The van der Waals surface area contributed by atoms with E-state index in [1.165, 1.54) is 6.07 Å². The predicted octanol–water partition coefficient (Wildman–Crippen LogP) is 6.80. The fourth-order valence-corrected chi connectivity index (χ4v) is 5.38. The summed E-state index contributed by atoms with van der Waals surface area (Å²) in [5.74, 6) is -0.0406. The Balaban J connectivity index is 1.29. The van der Waals surface area contributed by atoms with Crippen LogP contribution in [-0.4, -0.2) is 26.1 Å². The van der Waals surface area contributed by atoms with Gasteiger partial charge in [-0.05, 0) is 41.3 Å². The van der Waals surface area contributed by atoms with Gasteiger partial charge in [-0.1, -0.05) is 26.8 Å². The number of nitrogens with one attached hydrogen (secondary N) is 4. The SMILES string of the molecule is CC(C)(C)CC(=O)Nc1cncc(-c2ccc3n[nH]c(C4Nc5cncc(-c6ccc(F)s6)c5N4)c3c2)c1. The summed E-state index contributed by atoms with van der Waals surface area (Å²) in [5.41, 5.74) is 6.62. The number of pyridine rings is 2. The fraction of sp³-hybridized carbons (Fsp3) is 0.214. The Hall–Kier alpha value is -4.31. The number of rotatable bonds is 5. The lowest BCUT2D eigenvalue weighted by Gasteiger charge is -2.17. The van der Waals surface area contributed by atoms with Crippen LogP contribution in [-0.2, 0) is 4.79 Å². The number of carbonyl (C=O) groups excluding carboxylic acids is 1. The van der Waals surface area contributed by atoms with Gasteiger partial charge >= 0.3 is 0 Å². The number of fused-ring (bicyclic) bond motifs is 2. The number of anilines is 3. The first-order chi connectivity index (χ1) is 18.2. The molecule has 0 bridgehead atoms. The molecule has 10 heteroatoms. The van der Waals surface area contributed by atoms with E-state index in [2.05, 4.69) is 42.2 Å². The first-order valence-corrected chi connectivity index (χ1v) is 13.1. The lowest BCUT2D eigenvalue weighted by Crippen LogP contribution is -2.19. The molecule has 0 fully saturated rings. The van der Waals surface area contributed by atoms with Gasteiger partial charge in [-0.3, -0.25) is 19.9 Å². The lowest BCUT2D eigenvalue weighted by molar-refractivity contribution is -0.117. The fourth-order valence-electron chi connectivity index (χ4n) is 4.63. The number of aromatic nitrogens is 4. The molecule has 8 nitrogen and oxygen atoms in total. The highest BCUT2D eigenvalue weighted by molar-refractivity contribution is 7.14. The molecule has 5 aromatic rings. The van der Waals surface area contributed by atoms with Crippen molar-refractivity contribution in [2.75, 3.05) is 16.0 Å². The number of thiophene rings is 1. The molecule has 1 aliphatic rings. The maximum atomic E-state index is 13.7. The molecule has 0 saturated heterocycles. The largest absolute Gasteiger partial charge is 0.358 e. The Morgan fingerprint density at radius 3 is 2.66 bits per heavy atom. The zero-order valence-corrected chi connectivity index (χ0v) is 21.9. The molecule has 0 spiro atoms. The van der Waals surface area contributed by atoms with Crippen molar-refractivity contribution in [1.29, 1.82) is 0 Å². The predicted molar refractivity (Wildman–Crippen MR) is 150 cm³/mol. The number of hydrogen-bond acceptors (Lipinski definition) is 7. The van der Waals surface area contributed by atoms with Crippen LogP contribution in [0.15, 0.2) is 61.2 Å². The highest BCUT2D eigenvalue weighted by Gasteiger charge is 2.27. The zero-order valence-electron chi connectivity index (χ0n) is 21.1. The van der Waals surface area contributed by atoms with E-state index < -0.39 is 0 Å². The topological polar surface area (TPSA) is 108 Å². The van der Waals surface area contributed by atoms with Gasteiger partial charge in [0.15, 0.2) is 5.13 Å². The standard InChI is InChI=1S/C28H26FN7OS/c1-28(2,3)10-24(37)32-17-8-16(11-30-12-17)15-4-5-20-18(9-15)26(36-35-20)27-33-21-14-31-13-19(25(21)34-27)22-6-7-23(29)38-22/h4-9,11-14,27,33-34H,10H2,1-3H3,(H,32,37)(H,35,36). The summed E-state index contributed by atoms with van der Waals surface area (Å²) in [7, 11) is 0. The van der Waals surface area contributed by atoms with Crippen molar-refractivity contribution in [3.63, 3.8) is 0 Å². The number of carbonyl (C=O) groups is 1. The van der Waals surface area contributed by atoms with E-state index in [4.69, 9.17) is 0 Å². The first-order valence-electron chi connectivity index (χ1n) is 12.2. The Kier molecular flexibility index (Phi) is 5.83. The molecular formula is C28H26FN7OS. The van der Waals surface area contributed by atoms with E-state index in [1.807, 2.05) is 39.0 Å². The monoisotopic (exact) mass is 527 g/mol. The molecule has 1 aromatic carbocycles. The molecule has 1 unspecified atom stereocenters. The molecule has 5 heterocycles. The number of hydrogen-bond donors (Lipinski definition) is 4. The van der Waals surface area contributed by atoms with Crippen molar-refractivity contribution in [2.45, 2.75) is 33.4 Å². The van der Waals surface area contributed by atoms with Gasteiger partial charge in [0.05, 0.1) is 40.7 Å². The van der Waals surface area contributed by atoms with Crippen molar-refractivity contribution in [2.24, 2.45) is 5.41 Å². The summed E-state index contributed by atoms with van der Waals surface area (Å²) in [5, 5.41) is 18.3. The molecule has 1 amide bonds. The maximum Gasteiger partial charge on any atom is 0.224 e. The summed E-state index contributed by atoms with van der Waals surface area (Å²) in [6.45, 7) is 6.10. The molecule has 38 heavy (non-hydrogen) atoms. The summed E-state index contributed by atoms with van der Waals surface area (Å²) < 4.78 is 13.7. The number of aromatic amines is 1. The van der Waals surface area contributed by atoms with Crippen LogP contribution < -0.4 is 16.0 Å². The maximum absolute atomic E-state index is 13.7. The second-order valence-corrected chi connectivity index (χ2v) is 11.6. The zero-order chi connectivity index (χ0) is 26.4. The normalized spacial score (nSPS) is 14.7. The Labute approximate surface area is 222 Å². The van der Waals surface area contributed by atoms with Gasteiger partial charge in [-0.25, -0.2) is 0 Å². The van der Waals surface area contributed by atoms with Crippen LogP contribution in [0.1, 0.15) is 39.1 Å². The summed E-state index contributed by atoms with van der Waals surface area (Å²) in [6, 6.07) is 11.2. The Morgan fingerprint density at radius 1 is 1.03 bits per heavy atom. The number of H-pyrrole nitrogens is 1. The van der Waals surface area contributed by atoms with E-state index in [0.717, 1.165) is 60.9 Å². The molecule has 4 aromatic heterocycles. The average Bonchev–Trinajstić information content (AvgIpc) is 3.60. The molecule has 0 saturated carbocycles. The third kappa shape index (κ3) is 4.70. The smallest absolute Gasteiger partial charge is 0.224 e. The van der Waals surface area contributed by atoms with Crippen LogP contribution in [0.25, 0.3) is 32.5 Å². The van der Waals surface area contributed by atoms with Crippen LogP contribution in [0.4, 0.5) is 21.5 Å². The molecular weight excluding hydrogens is 501 g/mol. The van der Waals surface area contributed by atoms with Crippen molar-refractivity contribution < 1.29 is 9.18 Å². The van der Waals surface area contributed by atoms with Gasteiger partial charge < -0.3 is 16.0 Å². The van der Waals surface area contributed by atoms with Gasteiger partial charge in [-0.2, -0.15) is 9.49 Å². The third-order valence-electron chi connectivity index (χ3n) is 6.29. The van der Waals surface area contributed by atoms with E-state index in [-0.39, 0.29) is 22.6 Å². The van der Waals surface area contributed by atoms with Crippen LogP contribution in [0, 0.1) is 10.5 Å². The van der Waals surface area contributed by atoms with Crippen LogP contribution in [0.2, 0.25) is 0 Å². The van der Waals surface area contributed by atoms with E-state index in [9.17, 15) is 9.18 Å². The van der Waals surface area contributed by atoms with E-state index in [0.29, 0.717) is 12.1 Å². The molecule has 1 aliphatic heterocycles. The second-order valence-electron chi connectivity index (χ2n) is 10.6. The quantitative estimate of drug-likeness (QED) is 0.200. The second kappa shape index (κ2) is 9.21. The molecule has 6 rings (SSSR count). The Morgan fingerprint density at radius 2 is 1.87 bits per heavy atom. The number of nitrogens with zero attached hydrogens (tertiary/aromatic N) is 3. The van der Waals surface area contributed by atoms with Crippen LogP contribution in [0.5, 0.6) is 0 Å². The summed E-state index contributed by atoms with van der Waals surface area (Å²) in [6.07, 6.45) is 7.07. The number of halogens is 1. The lowest BCUT2D eigenvalue weighted by atomic mass is 9.92. The highest BCUT2D eigenvalue weighted by Crippen LogP contribution is 2.44. The third-order valence-corrected chi connectivity index (χ3v) is 7.20. The van der Waals surface area contributed by atoms with E-state index in [1.54, 1.807) is 30.9 Å². The molecule has 4 N–H and O–H groups in total. The summed E-state index contributed by atoms with van der Waals surface area (Å²) in [4.78, 5) is 21.9. The van der Waals surface area contributed by atoms with Crippen molar-refractivity contribution >= 4 is 45.2 Å². The van der Waals surface area contributed by atoms with Gasteiger partial charge in [0, 0.05) is 40.2 Å². The minimum absolute atomic E-state index is 0.0406. The molecule has 192 valence electrons. The van der Waals surface area contributed by atoms with E-state index >= 15 is 0 Å². The minimum atomic E-state index is -0.279. The van der Waals surface area contributed by atoms with Crippen molar-refractivity contribution in [3.05, 3.63) is 72.0 Å². The summed E-state index contributed by atoms with van der Waals surface area (Å²) >= 11 is 1.09. The Bertz CT molecular complexity index is 1670. The molecule has 0 radical (unpaired) electrons. The number of benzene rings is 1. The highest BCUT2D eigenvalue weighted by atomic mass is 32.1. The van der Waals surface area contributed by atoms with Gasteiger partial charge in [-0.15, -0.1) is 11.3 Å². The van der Waals surface area contributed by atoms with Crippen LogP contribution in [0.3, 0.4) is 0 Å². The van der Waals surface area contributed by atoms with Crippen LogP contribution >= 0.6 is 11.3 Å². The average molecular weight is 528 g/mol. The molecule has 1 atom stereocenters. The van der Waals surface area contributed by atoms with Gasteiger partial charge in [0.2, 0.25) is 5.91 Å².